The van der Waals surface area contributed by atoms with Crippen molar-refractivity contribution < 1.29 is 4.79 Å². The van der Waals surface area contributed by atoms with Gasteiger partial charge in [-0.15, -0.1) is 11.3 Å². The molecule has 5 heteroatoms. The third-order valence-electron chi connectivity index (χ3n) is 6.62. The van der Waals surface area contributed by atoms with Gasteiger partial charge in [-0.3, -0.25) is 4.79 Å². The lowest BCUT2D eigenvalue weighted by Gasteiger charge is -2.17. The molecule has 1 atom stereocenters. The normalized spacial score (nSPS) is 15.2. The highest BCUT2D eigenvalue weighted by atomic mass is 32.1. The molecule has 0 radical (unpaired) electrons. The van der Waals surface area contributed by atoms with Crippen molar-refractivity contribution in [1.82, 2.24) is 14.8 Å². The van der Waals surface area contributed by atoms with Gasteiger partial charge in [-0.05, 0) is 54.6 Å². The molecule has 4 nitrogen and oxygen atoms in total. The Hall–Kier alpha value is -2.89. The third-order valence-corrected chi connectivity index (χ3v) is 7.60. The van der Waals surface area contributed by atoms with Crippen LogP contribution in [-0.2, 0) is 11.3 Å². The first-order chi connectivity index (χ1) is 16.3. The number of nitrogens with zero attached hydrogens (tertiary/aromatic N) is 2. The van der Waals surface area contributed by atoms with Gasteiger partial charge in [-0.2, -0.15) is 0 Å². The summed E-state index contributed by atoms with van der Waals surface area (Å²) in [5.41, 5.74) is 3.73. The summed E-state index contributed by atoms with van der Waals surface area (Å²) in [6.45, 7) is 4.82. The number of fused-ring (bicyclic) bond motifs is 1. The first-order valence-electron chi connectivity index (χ1n) is 11.9. The molecule has 1 aliphatic rings. The largest absolute Gasteiger partial charge is 0.355 e. The van der Waals surface area contributed by atoms with E-state index < -0.39 is 0 Å². The first kappa shape index (κ1) is 21.9. The van der Waals surface area contributed by atoms with Crippen LogP contribution < -0.4 is 5.32 Å². The average molecular weight is 458 g/mol. The number of hydrogen-bond acceptors (Lipinski definition) is 3. The van der Waals surface area contributed by atoms with Gasteiger partial charge in [0, 0.05) is 53.9 Å². The number of thiophene rings is 1. The van der Waals surface area contributed by atoms with Gasteiger partial charge in [0.25, 0.3) is 0 Å². The van der Waals surface area contributed by atoms with Crippen molar-refractivity contribution in [2.45, 2.75) is 31.7 Å². The fraction of sp³-hybridized carbons (Fsp3) is 0.321. The zero-order chi connectivity index (χ0) is 22.5. The minimum absolute atomic E-state index is 0.0544. The van der Waals surface area contributed by atoms with Crippen LogP contribution in [-0.4, -0.2) is 41.6 Å². The Kier molecular flexibility index (Phi) is 6.89. The van der Waals surface area contributed by atoms with E-state index in [1.54, 1.807) is 11.3 Å². The second-order valence-corrected chi connectivity index (χ2v) is 9.87. The number of likely N-dealkylation sites (tertiary alicyclic amines) is 1. The van der Waals surface area contributed by atoms with Gasteiger partial charge in [-0.25, -0.2) is 0 Å². The predicted octanol–water partition coefficient (Wildman–Crippen LogP) is 5.49. The van der Waals surface area contributed by atoms with E-state index in [0.717, 1.165) is 32.7 Å². The van der Waals surface area contributed by atoms with Crippen LogP contribution in [0.1, 0.15) is 41.2 Å². The summed E-state index contributed by atoms with van der Waals surface area (Å²) in [5, 5.41) is 6.52. The molecule has 0 saturated carbocycles. The molecule has 1 saturated heterocycles. The molecule has 1 fully saturated rings. The van der Waals surface area contributed by atoms with Crippen molar-refractivity contribution in [3.8, 4) is 0 Å². The van der Waals surface area contributed by atoms with Crippen molar-refractivity contribution in [3.05, 3.63) is 94.3 Å². The van der Waals surface area contributed by atoms with Crippen LogP contribution in [0.25, 0.3) is 10.9 Å². The van der Waals surface area contributed by atoms with E-state index in [9.17, 15) is 4.79 Å². The fourth-order valence-corrected chi connectivity index (χ4v) is 5.78. The molecule has 1 aliphatic heterocycles. The zero-order valence-electron chi connectivity index (χ0n) is 19.0. The maximum absolute atomic E-state index is 13.0. The highest BCUT2D eigenvalue weighted by molar-refractivity contribution is 7.10. The molecule has 5 rings (SSSR count). The summed E-state index contributed by atoms with van der Waals surface area (Å²) in [6, 6.07) is 23.4. The quantitative estimate of drug-likeness (QED) is 0.361. The van der Waals surface area contributed by atoms with Crippen LogP contribution in [0, 0.1) is 0 Å². The smallest absolute Gasteiger partial charge is 0.221 e. The van der Waals surface area contributed by atoms with Gasteiger partial charge >= 0.3 is 0 Å². The molecule has 0 aliphatic carbocycles. The Morgan fingerprint density at radius 2 is 1.76 bits per heavy atom. The standard InChI is InChI=1S/C28H31N3OS/c32-28(29-14-17-30-15-6-7-16-30)19-24(27-13-8-18-33-27)25-21-31(20-22-9-2-1-3-10-22)26-12-5-4-11-23(25)26/h1-5,8-13,18,21,24H,6-7,14-17,19-20H2,(H,29,32). The topological polar surface area (TPSA) is 37.3 Å². The van der Waals surface area contributed by atoms with E-state index >= 15 is 0 Å². The van der Waals surface area contributed by atoms with Crippen molar-refractivity contribution in [2.24, 2.45) is 0 Å². The Bertz CT molecular complexity index is 1180. The minimum atomic E-state index is 0.0544. The molecule has 1 unspecified atom stereocenters. The van der Waals surface area contributed by atoms with Crippen LogP contribution in [0.4, 0.5) is 0 Å². The number of nitrogens with one attached hydrogen (secondary N) is 1. The van der Waals surface area contributed by atoms with Gasteiger partial charge in [0.1, 0.15) is 0 Å². The van der Waals surface area contributed by atoms with Crippen LogP contribution >= 0.6 is 11.3 Å². The number of rotatable bonds is 9. The third kappa shape index (κ3) is 5.21. The van der Waals surface area contributed by atoms with E-state index in [-0.39, 0.29) is 11.8 Å². The highest BCUT2D eigenvalue weighted by Gasteiger charge is 2.23. The molecule has 2 aromatic heterocycles. The molecule has 3 heterocycles. The monoisotopic (exact) mass is 457 g/mol. The maximum atomic E-state index is 13.0. The Labute approximate surface area is 199 Å². The van der Waals surface area contributed by atoms with Gasteiger partial charge in [0.15, 0.2) is 0 Å². The molecule has 2 aromatic carbocycles. The van der Waals surface area contributed by atoms with E-state index in [0.29, 0.717) is 6.42 Å². The molecular formula is C28H31N3OS. The van der Waals surface area contributed by atoms with Crippen LogP contribution in [0.15, 0.2) is 78.3 Å². The Balaban J connectivity index is 1.39. The molecule has 0 spiro atoms. The number of benzene rings is 2. The van der Waals surface area contributed by atoms with Crippen molar-refractivity contribution in [3.63, 3.8) is 0 Å². The van der Waals surface area contributed by atoms with E-state index in [1.807, 2.05) is 0 Å². The number of hydrogen-bond donors (Lipinski definition) is 1. The fourth-order valence-electron chi connectivity index (χ4n) is 4.93. The summed E-state index contributed by atoms with van der Waals surface area (Å²) >= 11 is 1.74. The Morgan fingerprint density at radius 1 is 0.970 bits per heavy atom. The van der Waals surface area contributed by atoms with Crippen molar-refractivity contribution in [1.29, 1.82) is 0 Å². The van der Waals surface area contributed by atoms with Gasteiger partial charge < -0.3 is 14.8 Å². The number of para-hydroxylation sites is 1. The number of aromatic nitrogens is 1. The van der Waals surface area contributed by atoms with Crippen LogP contribution in [0.5, 0.6) is 0 Å². The molecular weight excluding hydrogens is 426 g/mol. The SMILES string of the molecule is O=C(CC(c1cccs1)c1cn(Cc2ccccc2)c2ccccc12)NCCN1CCCC1. The number of carbonyl (C=O) groups is 1. The van der Waals surface area contributed by atoms with Crippen molar-refractivity contribution in [2.75, 3.05) is 26.2 Å². The molecule has 0 bridgehead atoms. The lowest BCUT2D eigenvalue weighted by atomic mass is 9.93. The minimum Gasteiger partial charge on any atom is -0.355 e. The van der Waals surface area contributed by atoms with E-state index in [1.165, 1.54) is 39.7 Å². The van der Waals surface area contributed by atoms with Crippen LogP contribution in [0.3, 0.4) is 0 Å². The van der Waals surface area contributed by atoms with E-state index in [4.69, 9.17) is 0 Å². The predicted molar refractivity (Wildman–Crippen MR) is 137 cm³/mol. The molecule has 4 aromatic rings. The molecule has 1 N–H and O–H groups in total. The molecule has 170 valence electrons. The second kappa shape index (κ2) is 10.4. The number of carbonyl (C=O) groups excluding carboxylic acids is 1. The average Bonchev–Trinajstić information content (AvgIpc) is 3.61. The van der Waals surface area contributed by atoms with Gasteiger partial charge in [-0.1, -0.05) is 54.6 Å². The summed E-state index contributed by atoms with van der Waals surface area (Å²) in [5.74, 6) is 0.186. The second-order valence-electron chi connectivity index (χ2n) is 8.89. The lowest BCUT2D eigenvalue weighted by molar-refractivity contribution is -0.121. The van der Waals surface area contributed by atoms with Crippen molar-refractivity contribution >= 4 is 28.1 Å². The lowest BCUT2D eigenvalue weighted by Crippen LogP contribution is -2.34. The first-order valence-corrected chi connectivity index (χ1v) is 12.8. The Morgan fingerprint density at radius 3 is 2.55 bits per heavy atom. The summed E-state index contributed by atoms with van der Waals surface area (Å²) < 4.78 is 2.33. The van der Waals surface area contributed by atoms with E-state index in [2.05, 4.69) is 93.1 Å². The maximum Gasteiger partial charge on any atom is 0.221 e. The zero-order valence-corrected chi connectivity index (χ0v) is 19.8. The van der Waals surface area contributed by atoms with Gasteiger partial charge in [0.2, 0.25) is 5.91 Å². The summed E-state index contributed by atoms with van der Waals surface area (Å²) in [4.78, 5) is 16.7. The molecule has 1 amide bonds. The molecule has 33 heavy (non-hydrogen) atoms. The summed E-state index contributed by atoms with van der Waals surface area (Å²) in [6.07, 6.45) is 5.29. The highest BCUT2D eigenvalue weighted by Crippen LogP contribution is 2.37. The van der Waals surface area contributed by atoms with Gasteiger partial charge in [0.05, 0.1) is 0 Å². The number of amides is 1. The summed E-state index contributed by atoms with van der Waals surface area (Å²) in [7, 11) is 0. The van der Waals surface area contributed by atoms with Crippen LogP contribution in [0.2, 0.25) is 0 Å².